The number of benzene rings is 1. The molecule has 0 unspecified atom stereocenters. The molecule has 0 aliphatic carbocycles. The van der Waals surface area contributed by atoms with Crippen LogP contribution in [0.3, 0.4) is 0 Å². The van der Waals surface area contributed by atoms with E-state index in [-0.39, 0.29) is 23.7 Å². The molecule has 1 saturated heterocycles. The van der Waals surface area contributed by atoms with Gasteiger partial charge in [0.2, 0.25) is 0 Å². The number of hydrogen-bond donors (Lipinski definition) is 0. The quantitative estimate of drug-likeness (QED) is 0.389. The summed E-state index contributed by atoms with van der Waals surface area (Å²) >= 11 is 2.40. The van der Waals surface area contributed by atoms with E-state index in [1.807, 2.05) is 12.1 Å². The predicted octanol–water partition coefficient (Wildman–Crippen LogP) is 4.77. The molecule has 2 rings (SSSR count). The second-order valence-electron chi connectivity index (χ2n) is 6.27. The van der Waals surface area contributed by atoms with Crippen LogP contribution in [0.4, 0.5) is 0 Å². The molecule has 2 nitrogen and oxygen atoms in total. The molecular formula is C18H25IO2. The highest BCUT2D eigenvalue weighted by Gasteiger charge is 2.44. The zero-order valence-corrected chi connectivity index (χ0v) is 15.1. The predicted molar refractivity (Wildman–Crippen MR) is 95.8 cm³/mol. The number of hydrogen-bond acceptors (Lipinski definition) is 2. The SMILES string of the molecule is C=CC[C@H]1O[C@@H](CI)C[C@@H](OCc2ccccc2)C1(C)C. The minimum absolute atomic E-state index is 0.00524. The summed E-state index contributed by atoms with van der Waals surface area (Å²) < 4.78 is 13.5. The standard InChI is InChI=1S/C18H25IO2/c1-4-8-16-18(2,3)17(11-15(12-19)21-16)20-13-14-9-6-5-7-10-14/h4-7,9-10,15-17H,1,8,11-13H2,2-3H3/t15-,16-,17-/m1/s1. The van der Waals surface area contributed by atoms with Gasteiger partial charge in [-0.15, -0.1) is 6.58 Å². The van der Waals surface area contributed by atoms with Gasteiger partial charge < -0.3 is 9.47 Å². The monoisotopic (exact) mass is 400 g/mol. The first-order valence-corrected chi connectivity index (χ1v) is 9.08. The Bertz CT molecular complexity index is 444. The molecule has 0 radical (unpaired) electrons. The fourth-order valence-corrected chi connectivity index (χ4v) is 3.44. The maximum atomic E-state index is 6.28. The lowest BCUT2D eigenvalue weighted by atomic mass is 9.75. The van der Waals surface area contributed by atoms with Gasteiger partial charge >= 0.3 is 0 Å². The van der Waals surface area contributed by atoms with Crippen LogP contribution in [0.25, 0.3) is 0 Å². The van der Waals surface area contributed by atoms with Crippen molar-refractivity contribution in [1.29, 1.82) is 0 Å². The van der Waals surface area contributed by atoms with E-state index in [1.165, 1.54) is 5.56 Å². The van der Waals surface area contributed by atoms with E-state index in [2.05, 4.69) is 67.3 Å². The Labute approximate surface area is 142 Å². The van der Waals surface area contributed by atoms with Crippen molar-refractivity contribution in [2.45, 2.75) is 51.6 Å². The normalized spacial score (nSPS) is 28.2. The van der Waals surface area contributed by atoms with Crippen molar-refractivity contribution in [2.24, 2.45) is 5.41 Å². The average molecular weight is 400 g/mol. The Morgan fingerprint density at radius 3 is 2.71 bits per heavy atom. The third kappa shape index (κ3) is 4.30. The van der Waals surface area contributed by atoms with Crippen molar-refractivity contribution in [3.8, 4) is 0 Å². The third-order valence-corrected chi connectivity index (χ3v) is 5.32. The van der Waals surface area contributed by atoms with Crippen LogP contribution >= 0.6 is 22.6 Å². The topological polar surface area (TPSA) is 18.5 Å². The van der Waals surface area contributed by atoms with Crippen LogP contribution in [0.1, 0.15) is 32.3 Å². The molecule has 21 heavy (non-hydrogen) atoms. The molecule has 0 saturated carbocycles. The van der Waals surface area contributed by atoms with Crippen molar-refractivity contribution in [3.63, 3.8) is 0 Å². The molecule has 0 aromatic heterocycles. The van der Waals surface area contributed by atoms with Crippen molar-refractivity contribution in [3.05, 3.63) is 48.6 Å². The minimum atomic E-state index is 0.00524. The molecule has 1 fully saturated rings. The molecule has 0 amide bonds. The second kappa shape index (κ2) is 7.75. The molecule has 0 spiro atoms. The lowest BCUT2D eigenvalue weighted by molar-refractivity contribution is -0.185. The van der Waals surface area contributed by atoms with Gasteiger partial charge in [-0.3, -0.25) is 0 Å². The van der Waals surface area contributed by atoms with Gasteiger partial charge in [0.1, 0.15) is 0 Å². The zero-order chi connectivity index (χ0) is 15.3. The Balaban J connectivity index is 2.05. The van der Waals surface area contributed by atoms with Crippen LogP contribution in [0, 0.1) is 5.41 Å². The minimum Gasteiger partial charge on any atom is -0.373 e. The van der Waals surface area contributed by atoms with Crippen molar-refractivity contribution in [1.82, 2.24) is 0 Å². The number of halogens is 1. The average Bonchev–Trinajstić information content (AvgIpc) is 2.49. The maximum Gasteiger partial charge on any atom is 0.0720 e. The first kappa shape index (κ1) is 17.0. The summed E-state index contributed by atoms with van der Waals surface area (Å²) in [4.78, 5) is 0. The van der Waals surface area contributed by atoms with Crippen molar-refractivity contribution in [2.75, 3.05) is 4.43 Å². The molecule has 1 aliphatic rings. The Morgan fingerprint density at radius 1 is 1.38 bits per heavy atom. The van der Waals surface area contributed by atoms with Gasteiger partial charge in [-0.1, -0.05) is 72.8 Å². The lowest BCUT2D eigenvalue weighted by Crippen LogP contribution is -2.51. The second-order valence-corrected chi connectivity index (χ2v) is 7.15. The van der Waals surface area contributed by atoms with Gasteiger partial charge in [-0.25, -0.2) is 0 Å². The van der Waals surface area contributed by atoms with E-state index >= 15 is 0 Å². The molecule has 3 atom stereocenters. The van der Waals surface area contributed by atoms with Crippen LogP contribution < -0.4 is 0 Å². The molecule has 1 aromatic rings. The highest BCUT2D eigenvalue weighted by Crippen LogP contribution is 2.40. The van der Waals surface area contributed by atoms with Gasteiger partial charge in [0.05, 0.1) is 24.9 Å². The summed E-state index contributed by atoms with van der Waals surface area (Å²) in [7, 11) is 0. The van der Waals surface area contributed by atoms with Gasteiger partial charge in [0, 0.05) is 16.3 Å². The van der Waals surface area contributed by atoms with Crippen LogP contribution in [0.2, 0.25) is 0 Å². The van der Waals surface area contributed by atoms with E-state index in [4.69, 9.17) is 9.47 Å². The summed E-state index contributed by atoms with van der Waals surface area (Å²) in [5.41, 5.74) is 1.23. The van der Waals surface area contributed by atoms with Crippen molar-refractivity contribution < 1.29 is 9.47 Å². The third-order valence-electron chi connectivity index (χ3n) is 4.34. The van der Waals surface area contributed by atoms with Gasteiger partial charge in [-0.05, 0) is 12.0 Å². The van der Waals surface area contributed by atoms with Crippen molar-refractivity contribution >= 4 is 22.6 Å². The van der Waals surface area contributed by atoms with Crippen LogP contribution in [0.5, 0.6) is 0 Å². The maximum absolute atomic E-state index is 6.28. The summed E-state index contributed by atoms with van der Waals surface area (Å²) in [6.45, 7) is 9.04. The van der Waals surface area contributed by atoms with Crippen LogP contribution in [-0.4, -0.2) is 22.7 Å². The van der Waals surface area contributed by atoms with Crippen LogP contribution in [-0.2, 0) is 16.1 Å². The smallest absolute Gasteiger partial charge is 0.0720 e. The first-order valence-electron chi connectivity index (χ1n) is 7.55. The van der Waals surface area contributed by atoms with E-state index < -0.39 is 0 Å². The highest BCUT2D eigenvalue weighted by atomic mass is 127. The van der Waals surface area contributed by atoms with E-state index in [0.717, 1.165) is 17.3 Å². The molecule has 1 aliphatic heterocycles. The van der Waals surface area contributed by atoms with Gasteiger partial charge in [0.25, 0.3) is 0 Å². The summed E-state index contributed by atoms with van der Waals surface area (Å²) in [5, 5.41) is 0. The lowest BCUT2D eigenvalue weighted by Gasteiger charge is -2.47. The molecule has 3 heteroatoms. The summed E-state index contributed by atoms with van der Waals surface area (Å²) in [6.07, 6.45) is 4.49. The molecule has 0 bridgehead atoms. The largest absolute Gasteiger partial charge is 0.373 e. The summed E-state index contributed by atoms with van der Waals surface area (Å²) in [6, 6.07) is 10.4. The fraction of sp³-hybridized carbons (Fsp3) is 0.556. The Kier molecular flexibility index (Phi) is 6.26. The molecular weight excluding hydrogens is 375 g/mol. The van der Waals surface area contributed by atoms with Crippen LogP contribution in [0.15, 0.2) is 43.0 Å². The van der Waals surface area contributed by atoms with E-state index in [9.17, 15) is 0 Å². The molecule has 116 valence electrons. The van der Waals surface area contributed by atoms with E-state index in [1.54, 1.807) is 0 Å². The highest BCUT2D eigenvalue weighted by molar-refractivity contribution is 14.1. The molecule has 1 aromatic carbocycles. The number of rotatable bonds is 6. The number of ether oxygens (including phenoxy) is 2. The zero-order valence-electron chi connectivity index (χ0n) is 12.9. The Morgan fingerprint density at radius 2 is 2.10 bits per heavy atom. The molecule has 1 heterocycles. The first-order chi connectivity index (χ1) is 10.1. The van der Waals surface area contributed by atoms with E-state index in [0.29, 0.717) is 6.61 Å². The summed E-state index contributed by atoms with van der Waals surface area (Å²) in [5.74, 6) is 0. The fourth-order valence-electron chi connectivity index (χ4n) is 2.88. The van der Waals surface area contributed by atoms with Gasteiger partial charge in [-0.2, -0.15) is 0 Å². The Hall–Kier alpha value is -0.390. The van der Waals surface area contributed by atoms with Gasteiger partial charge in [0.15, 0.2) is 0 Å². The number of alkyl halides is 1. The molecule has 0 N–H and O–H groups in total.